The van der Waals surface area contributed by atoms with E-state index in [2.05, 4.69) is 9.37 Å². The van der Waals surface area contributed by atoms with Gasteiger partial charge in [-0.3, -0.25) is 0 Å². The SMILES string of the molecule is CS(C)(C)c1c(F)c(F)c(SOOO)c(F)c1F. The zero-order valence-electron chi connectivity index (χ0n) is 9.59. The van der Waals surface area contributed by atoms with Gasteiger partial charge in [-0.2, -0.15) is 0 Å². The molecular weight excluding hydrogens is 296 g/mol. The molecular formula is C9H10F4O3S2. The van der Waals surface area contributed by atoms with Crippen molar-refractivity contribution in [3.63, 3.8) is 0 Å². The van der Waals surface area contributed by atoms with Gasteiger partial charge in [-0.25, -0.2) is 32.8 Å². The first kappa shape index (κ1) is 15.6. The summed E-state index contributed by atoms with van der Waals surface area (Å²) in [7, 11) is -2.01. The van der Waals surface area contributed by atoms with Crippen molar-refractivity contribution in [3.8, 4) is 0 Å². The summed E-state index contributed by atoms with van der Waals surface area (Å²) in [6.45, 7) is 0. The molecule has 0 heterocycles. The van der Waals surface area contributed by atoms with Gasteiger partial charge in [0, 0.05) is 0 Å². The highest BCUT2D eigenvalue weighted by Gasteiger charge is 2.30. The van der Waals surface area contributed by atoms with Gasteiger partial charge < -0.3 is 0 Å². The lowest BCUT2D eigenvalue weighted by Crippen LogP contribution is -2.08. The van der Waals surface area contributed by atoms with Gasteiger partial charge in [0.1, 0.15) is 4.90 Å². The molecule has 0 saturated carbocycles. The van der Waals surface area contributed by atoms with Crippen LogP contribution in [0.1, 0.15) is 0 Å². The van der Waals surface area contributed by atoms with Crippen LogP contribution in [0.4, 0.5) is 17.6 Å². The van der Waals surface area contributed by atoms with E-state index in [4.69, 9.17) is 5.26 Å². The van der Waals surface area contributed by atoms with Crippen molar-refractivity contribution in [2.45, 2.75) is 9.79 Å². The molecule has 0 unspecified atom stereocenters. The molecule has 0 atom stereocenters. The van der Waals surface area contributed by atoms with Gasteiger partial charge in [0.15, 0.2) is 23.3 Å². The predicted octanol–water partition coefficient (Wildman–Crippen LogP) is 3.72. The lowest BCUT2D eigenvalue weighted by atomic mass is 10.3. The van der Waals surface area contributed by atoms with E-state index < -0.39 is 43.1 Å². The van der Waals surface area contributed by atoms with Gasteiger partial charge in [0.2, 0.25) is 0 Å². The summed E-state index contributed by atoms with van der Waals surface area (Å²) >= 11 is -0.172. The molecule has 0 aliphatic heterocycles. The van der Waals surface area contributed by atoms with Crippen LogP contribution in [0.3, 0.4) is 0 Å². The van der Waals surface area contributed by atoms with Crippen molar-refractivity contribution >= 4 is 22.1 Å². The molecule has 104 valence electrons. The first-order chi connectivity index (χ1) is 8.21. The highest BCUT2D eigenvalue weighted by molar-refractivity contribution is 8.32. The third-order valence-electron chi connectivity index (χ3n) is 1.94. The lowest BCUT2D eigenvalue weighted by Gasteiger charge is -2.27. The average Bonchev–Trinajstić information content (AvgIpc) is 2.25. The second-order valence-corrected chi connectivity index (χ2v) is 8.77. The third kappa shape index (κ3) is 2.91. The van der Waals surface area contributed by atoms with Crippen LogP contribution in [0, 0.1) is 23.3 Å². The Kier molecular flexibility index (Phi) is 4.90. The van der Waals surface area contributed by atoms with E-state index in [1.54, 1.807) is 0 Å². The molecule has 1 aromatic rings. The summed E-state index contributed by atoms with van der Waals surface area (Å²) in [6.07, 6.45) is 4.48. The fourth-order valence-electron chi connectivity index (χ4n) is 1.25. The summed E-state index contributed by atoms with van der Waals surface area (Å²) in [4.78, 5) is -1.68. The first-order valence-corrected chi connectivity index (χ1v) is 8.00. The van der Waals surface area contributed by atoms with E-state index in [1.165, 1.54) is 18.8 Å². The zero-order valence-corrected chi connectivity index (χ0v) is 11.2. The van der Waals surface area contributed by atoms with Crippen molar-refractivity contribution in [2.24, 2.45) is 0 Å². The maximum Gasteiger partial charge on any atom is 0.179 e. The summed E-state index contributed by atoms with van der Waals surface area (Å²) in [5, 5.41) is 11.0. The van der Waals surface area contributed by atoms with Gasteiger partial charge in [0.05, 0.1) is 16.9 Å². The minimum atomic E-state index is -2.01. The largest absolute Gasteiger partial charge is 0.220 e. The molecule has 18 heavy (non-hydrogen) atoms. The second kappa shape index (κ2) is 5.66. The summed E-state index contributed by atoms with van der Waals surface area (Å²) in [5.74, 6) is -6.12. The molecule has 0 saturated heterocycles. The summed E-state index contributed by atoms with van der Waals surface area (Å²) in [5.41, 5.74) is 0. The van der Waals surface area contributed by atoms with E-state index >= 15 is 0 Å². The van der Waals surface area contributed by atoms with Gasteiger partial charge >= 0.3 is 0 Å². The van der Waals surface area contributed by atoms with Crippen LogP contribution in [0.15, 0.2) is 9.79 Å². The van der Waals surface area contributed by atoms with Crippen LogP contribution in [0.5, 0.6) is 0 Å². The quantitative estimate of drug-likeness (QED) is 0.302. The fourth-order valence-corrected chi connectivity index (χ4v) is 2.93. The average molecular weight is 306 g/mol. The van der Waals surface area contributed by atoms with Gasteiger partial charge in [-0.1, -0.05) is 5.04 Å². The monoisotopic (exact) mass is 306 g/mol. The number of halogens is 4. The minimum Gasteiger partial charge on any atom is -0.220 e. The Balaban J connectivity index is 3.46. The molecule has 1 N–H and O–H groups in total. The second-order valence-electron chi connectivity index (χ2n) is 3.98. The van der Waals surface area contributed by atoms with E-state index in [0.717, 1.165) is 0 Å². The predicted molar refractivity (Wildman–Crippen MR) is 60.6 cm³/mol. The van der Waals surface area contributed by atoms with Crippen molar-refractivity contribution in [1.82, 2.24) is 0 Å². The maximum absolute atomic E-state index is 13.7. The Morgan fingerprint density at radius 2 is 1.39 bits per heavy atom. The normalized spacial score (nSPS) is 12.9. The number of hydrogen-bond donors (Lipinski definition) is 1. The highest BCUT2D eigenvalue weighted by atomic mass is 32.3. The van der Waals surface area contributed by atoms with Gasteiger partial charge in [-0.05, 0) is 18.8 Å². The van der Waals surface area contributed by atoms with Crippen LogP contribution in [0.2, 0.25) is 0 Å². The van der Waals surface area contributed by atoms with Gasteiger partial charge in [-0.15, -0.1) is 4.33 Å². The van der Waals surface area contributed by atoms with Crippen molar-refractivity contribution in [2.75, 3.05) is 18.8 Å². The summed E-state index contributed by atoms with van der Waals surface area (Å²) < 4.78 is 58.3. The summed E-state index contributed by atoms with van der Waals surface area (Å²) in [6, 6.07) is 0. The number of benzene rings is 1. The van der Waals surface area contributed by atoms with Crippen molar-refractivity contribution in [3.05, 3.63) is 23.3 Å². The minimum absolute atomic E-state index is 0.172. The van der Waals surface area contributed by atoms with Crippen molar-refractivity contribution in [1.29, 1.82) is 0 Å². The first-order valence-electron chi connectivity index (χ1n) is 4.40. The van der Waals surface area contributed by atoms with Gasteiger partial charge in [0.25, 0.3) is 0 Å². The van der Waals surface area contributed by atoms with E-state index in [1.807, 2.05) is 0 Å². The molecule has 3 nitrogen and oxygen atoms in total. The smallest absolute Gasteiger partial charge is 0.179 e. The molecule has 0 aromatic heterocycles. The number of rotatable bonds is 4. The fraction of sp³-hybridized carbons (Fsp3) is 0.333. The third-order valence-corrected chi connectivity index (χ3v) is 4.18. The van der Waals surface area contributed by atoms with Crippen LogP contribution < -0.4 is 0 Å². The zero-order chi connectivity index (χ0) is 14.1. The highest BCUT2D eigenvalue weighted by Crippen LogP contribution is 2.50. The Morgan fingerprint density at radius 3 is 1.72 bits per heavy atom. The molecule has 0 spiro atoms. The molecule has 0 bridgehead atoms. The van der Waals surface area contributed by atoms with E-state index in [0.29, 0.717) is 0 Å². The lowest BCUT2D eigenvalue weighted by molar-refractivity contribution is -0.432. The molecule has 0 radical (unpaired) electrons. The van der Waals surface area contributed by atoms with Crippen LogP contribution in [-0.2, 0) is 9.37 Å². The van der Waals surface area contributed by atoms with Crippen molar-refractivity contribution < 1.29 is 32.2 Å². The topological polar surface area (TPSA) is 38.7 Å². The molecule has 9 heteroatoms. The molecule has 0 amide bonds. The Bertz CT molecular complexity index is 433. The Morgan fingerprint density at radius 1 is 0.944 bits per heavy atom. The molecule has 0 fully saturated rings. The molecule has 1 aromatic carbocycles. The standard InChI is InChI=1S/C9H10F4O3S2/c1-18(2,3)9-6(12)4(10)8(17-16-15-14)5(11)7(9)13/h14H,1-3H3. The molecule has 1 rings (SSSR count). The molecule has 0 aliphatic rings. The van der Waals surface area contributed by atoms with E-state index in [9.17, 15) is 17.6 Å². The number of hydrogen-bond acceptors (Lipinski definition) is 4. The molecule has 0 aliphatic carbocycles. The van der Waals surface area contributed by atoms with E-state index in [-0.39, 0.29) is 12.0 Å². The Labute approximate surface area is 106 Å². The maximum atomic E-state index is 13.7. The van der Waals surface area contributed by atoms with Crippen LogP contribution >= 0.6 is 22.1 Å². The van der Waals surface area contributed by atoms with Crippen LogP contribution in [0.25, 0.3) is 0 Å². The van der Waals surface area contributed by atoms with Crippen LogP contribution in [-0.4, -0.2) is 24.0 Å². The Hall–Kier alpha value is -0.480.